The van der Waals surface area contributed by atoms with Gasteiger partial charge in [0, 0.05) is 0 Å². The molecule has 0 radical (unpaired) electrons. The first-order valence-corrected chi connectivity index (χ1v) is 7.73. The monoisotopic (exact) mass is 276 g/mol. The summed E-state index contributed by atoms with van der Waals surface area (Å²) in [5.41, 5.74) is 4.73. The zero-order chi connectivity index (χ0) is 14.2. The topological polar surface area (TPSA) is 46.5 Å². The number of fused-ring (bicyclic) bond motifs is 1. The molecule has 1 aliphatic rings. The van der Waals surface area contributed by atoms with Crippen LogP contribution in [0.4, 0.5) is 4.79 Å². The number of rotatable bonds is 8. The van der Waals surface area contributed by atoms with Crippen LogP contribution in [0.15, 0.2) is 18.2 Å². The van der Waals surface area contributed by atoms with E-state index in [2.05, 4.69) is 22.9 Å². The third kappa shape index (κ3) is 4.55. The number of ether oxygens (including phenoxy) is 1. The van der Waals surface area contributed by atoms with Gasteiger partial charge in [-0.15, -0.1) is 0 Å². The summed E-state index contributed by atoms with van der Waals surface area (Å²) in [6.07, 6.45) is 9.37. The van der Waals surface area contributed by atoms with Gasteiger partial charge >= 0.3 is 6.16 Å². The van der Waals surface area contributed by atoms with Gasteiger partial charge in [0.15, 0.2) is 0 Å². The van der Waals surface area contributed by atoms with Gasteiger partial charge in [-0.25, -0.2) is 4.79 Å². The Morgan fingerprint density at radius 3 is 2.75 bits per heavy atom. The fourth-order valence-electron chi connectivity index (χ4n) is 3.04. The average molecular weight is 276 g/mol. The first-order chi connectivity index (χ1) is 9.77. The summed E-state index contributed by atoms with van der Waals surface area (Å²) in [5, 5.41) is 8.33. The molecule has 1 aliphatic carbocycles. The summed E-state index contributed by atoms with van der Waals surface area (Å²) in [5.74, 6) is 0. The van der Waals surface area contributed by atoms with Crippen molar-refractivity contribution < 1.29 is 14.6 Å². The van der Waals surface area contributed by atoms with Crippen LogP contribution in [-0.2, 0) is 24.0 Å². The predicted octanol–water partition coefficient (Wildman–Crippen LogP) is 4.36. The highest BCUT2D eigenvalue weighted by Gasteiger charge is 2.13. The van der Waals surface area contributed by atoms with Gasteiger partial charge in [-0.3, -0.25) is 0 Å². The number of unbranched alkanes of at least 4 members (excludes halogenated alkanes) is 4. The Bertz CT molecular complexity index is 440. The van der Waals surface area contributed by atoms with Gasteiger partial charge in [0.2, 0.25) is 0 Å². The normalized spacial score (nSPS) is 13.2. The molecule has 0 fully saturated rings. The van der Waals surface area contributed by atoms with Gasteiger partial charge < -0.3 is 9.84 Å². The van der Waals surface area contributed by atoms with Crippen molar-refractivity contribution in [3.8, 4) is 0 Å². The molecule has 0 amide bonds. The summed E-state index contributed by atoms with van der Waals surface area (Å²) in [7, 11) is 0. The summed E-state index contributed by atoms with van der Waals surface area (Å²) in [4.78, 5) is 10.2. The lowest BCUT2D eigenvalue weighted by Crippen LogP contribution is -2.01. The van der Waals surface area contributed by atoms with Crippen LogP contribution in [0.3, 0.4) is 0 Å². The molecule has 0 bridgehead atoms. The van der Waals surface area contributed by atoms with Gasteiger partial charge in [0.05, 0.1) is 6.61 Å². The van der Waals surface area contributed by atoms with Crippen LogP contribution in [0.5, 0.6) is 0 Å². The molecule has 0 saturated carbocycles. The van der Waals surface area contributed by atoms with Crippen molar-refractivity contribution in [2.24, 2.45) is 0 Å². The molecule has 0 saturated heterocycles. The minimum absolute atomic E-state index is 0.335. The molecule has 1 N–H and O–H groups in total. The first kappa shape index (κ1) is 14.9. The first-order valence-electron chi connectivity index (χ1n) is 7.73. The predicted molar refractivity (Wildman–Crippen MR) is 79.2 cm³/mol. The second-order valence-electron chi connectivity index (χ2n) is 5.54. The quantitative estimate of drug-likeness (QED) is 0.566. The Morgan fingerprint density at radius 2 is 1.90 bits per heavy atom. The molecule has 1 aromatic rings. The van der Waals surface area contributed by atoms with Crippen molar-refractivity contribution in [3.05, 3.63) is 34.9 Å². The summed E-state index contributed by atoms with van der Waals surface area (Å²) < 4.78 is 4.48. The minimum Gasteiger partial charge on any atom is -0.450 e. The van der Waals surface area contributed by atoms with Crippen LogP contribution in [-0.4, -0.2) is 17.9 Å². The lowest BCUT2D eigenvalue weighted by atomic mass is 9.98. The van der Waals surface area contributed by atoms with Crippen molar-refractivity contribution in [2.75, 3.05) is 6.61 Å². The Morgan fingerprint density at radius 1 is 1.10 bits per heavy atom. The molecule has 2 rings (SSSR count). The molecule has 0 spiro atoms. The van der Waals surface area contributed by atoms with E-state index in [0.29, 0.717) is 6.61 Å². The van der Waals surface area contributed by atoms with Crippen molar-refractivity contribution in [1.82, 2.24) is 0 Å². The summed E-state index contributed by atoms with van der Waals surface area (Å²) >= 11 is 0. The molecule has 3 nitrogen and oxygen atoms in total. The van der Waals surface area contributed by atoms with E-state index in [-0.39, 0.29) is 0 Å². The number of hydrogen-bond acceptors (Lipinski definition) is 2. The van der Waals surface area contributed by atoms with Crippen molar-refractivity contribution >= 4 is 6.16 Å². The molecule has 0 aliphatic heterocycles. The number of benzene rings is 1. The largest absolute Gasteiger partial charge is 0.505 e. The van der Waals surface area contributed by atoms with E-state index in [1.54, 1.807) is 16.7 Å². The molecule has 1 aromatic carbocycles. The highest BCUT2D eigenvalue weighted by atomic mass is 16.7. The molecule has 3 heteroatoms. The van der Waals surface area contributed by atoms with Crippen LogP contribution in [0, 0.1) is 0 Å². The van der Waals surface area contributed by atoms with Gasteiger partial charge in [0.1, 0.15) is 0 Å². The molecule has 0 heterocycles. The van der Waals surface area contributed by atoms with Crippen LogP contribution in [0.1, 0.15) is 55.2 Å². The molecular formula is C17H24O3. The van der Waals surface area contributed by atoms with Crippen LogP contribution in [0.25, 0.3) is 0 Å². The highest BCUT2D eigenvalue weighted by Crippen LogP contribution is 2.26. The Hall–Kier alpha value is -1.51. The van der Waals surface area contributed by atoms with E-state index in [1.165, 1.54) is 38.5 Å². The third-order valence-electron chi connectivity index (χ3n) is 4.06. The fourth-order valence-corrected chi connectivity index (χ4v) is 3.04. The van der Waals surface area contributed by atoms with E-state index in [4.69, 9.17) is 5.11 Å². The second-order valence-corrected chi connectivity index (χ2v) is 5.54. The minimum atomic E-state index is -1.16. The standard InChI is InChI=1S/C17H24O3/c18-17(19)20-13-5-3-1-2-4-8-14-9-6-10-15-11-7-12-16(14)15/h6,9-10H,1-5,7-8,11-13H2,(H,18,19). The van der Waals surface area contributed by atoms with E-state index in [1.807, 2.05) is 0 Å². The van der Waals surface area contributed by atoms with Crippen molar-refractivity contribution in [2.45, 2.75) is 57.8 Å². The molecule has 0 aromatic heterocycles. The number of aryl methyl sites for hydroxylation is 2. The van der Waals surface area contributed by atoms with Gasteiger partial charge in [-0.1, -0.05) is 37.5 Å². The van der Waals surface area contributed by atoms with E-state index < -0.39 is 6.16 Å². The molecular weight excluding hydrogens is 252 g/mol. The lowest BCUT2D eigenvalue weighted by molar-refractivity contribution is 0.0899. The zero-order valence-electron chi connectivity index (χ0n) is 12.1. The molecule has 20 heavy (non-hydrogen) atoms. The summed E-state index contributed by atoms with van der Waals surface area (Å²) in [6.45, 7) is 0.335. The Kier molecular flexibility index (Phi) is 5.90. The van der Waals surface area contributed by atoms with Gasteiger partial charge in [-0.2, -0.15) is 0 Å². The fraction of sp³-hybridized carbons (Fsp3) is 0.588. The number of carbonyl (C=O) groups is 1. The lowest BCUT2D eigenvalue weighted by Gasteiger charge is -2.08. The Balaban J connectivity index is 1.58. The second kappa shape index (κ2) is 7.93. The van der Waals surface area contributed by atoms with Crippen LogP contribution >= 0.6 is 0 Å². The number of hydrogen-bond donors (Lipinski definition) is 1. The molecule has 0 unspecified atom stereocenters. The smallest absolute Gasteiger partial charge is 0.450 e. The maximum Gasteiger partial charge on any atom is 0.505 e. The Labute approximate surface area is 121 Å². The summed E-state index contributed by atoms with van der Waals surface area (Å²) in [6, 6.07) is 6.75. The average Bonchev–Trinajstić information content (AvgIpc) is 2.90. The molecule has 0 atom stereocenters. The zero-order valence-corrected chi connectivity index (χ0v) is 12.1. The van der Waals surface area contributed by atoms with Gasteiger partial charge in [-0.05, 0) is 55.2 Å². The van der Waals surface area contributed by atoms with E-state index >= 15 is 0 Å². The van der Waals surface area contributed by atoms with Crippen LogP contribution < -0.4 is 0 Å². The third-order valence-corrected chi connectivity index (χ3v) is 4.06. The van der Waals surface area contributed by atoms with Gasteiger partial charge in [0.25, 0.3) is 0 Å². The van der Waals surface area contributed by atoms with Crippen molar-refractivity contribution in [1.29, 1.82) is 0 Å². The maximum absolute atomic E-state index is 10.2. The number of carboxylic acid groups (broad SMARTS) is 1. The van der Waals surface area contributed by atoms with Crippen LogP contribution in [0.2, 0.25) is 0 Å². The SMILES string of the molecule is O=C(O)OCCCCCCCc1cccc2c1CCC2. The maximum atomic E-state index is 10.2. The van der Waals surface area contributed by atoms with E-state index in [0.717, 1.165) is 19.3 Å². The molecule has 110 valence electrons. The highest BCUT2D eigenvalue weighted by molar-refractivity contribution is 5.56. The van der Waals surface area contributed by atoms with E-state index in [9.17, 15) is 4.79 Å². The van der Waals surface area contributed by atoms with Crippen molar-refractivity contribution in [3.63, 3.8) is 0 Å².